The van der Waals surface area contributed by atoms with Crippen LogP contribution in [0.2, 0.25) is 0 Å². The fourth-order valence-corrected chi connectivity index (χ4v) is 1.45. The van der Waals surface area contributed by atoms with Gasteiger partial charge in [0, 0.05) is 5.75 Å². The van der Waals surface area contributed by atoms with Crippen molar-refractivity contribution in [2.75, 3.05) is 12.4 Å². The van der Waals surface area contributed by atoms with Crippen LogP contribution >= 0.6 is 12.6 Å². The molecule has 0 amide bonds. The van der Waals surface area contributed by atoms with Crippen molar-refractivity contribution in [2.45, 2.75) is 46.0 Å². The summed E-state index contributed by atoms with van der Waals surface area (Å²) < 4.78 is 5.14. The zero-order chi connectivity index (χ0) is 10.8. The van der Waals surface area contributed by atoms with E-state index in [1.165, 1.54) is 19.3 Å². The number of hydrogen-bond donors (Lipinski definition) is 1. The molecule has 0 heterocycles. The van der Waals surface area contributed by atoms with Crippen LogP contribution in [0.3, 0.4) is 0 Å². The standard InChI is InChI=1S/C11H22O2S/c1-3-5-6-10(4-2)9-13-11(12)7-8-14/h10,14H,3-9H2,1-2H3/t10-/m1/s1. The van der Waals surface area contributed by atoms with Gasteiger partial charge < -0.3 is 4.74 Å². The number of ether oxygens (including phenoxy) is 1. The Morgan fingerprint density at radius 3 is 2.64 bits per heavy atom. The highest BCUT2D eigenvalue weighted by atomic mass is 32.1. The molecule has 0 aliphatic carbocycles. The number of carbonyl (C=O) groups is 1. The number of hydrogen-bond acceptors (Lipinski definition) is 3. The average Bonchev–Trinajstić information content (AvgIpc) is 2.19. The van der Waals surface area contributed by atoms with Crippen molar-refractivity contribution >= 4 is 18.6 Å². The largest absolute Gasteiger partial charge is 0.465 e. The first-order chi connectivity index (χ1) is 6.74. The van der Waals surface area contributed by atoms with Crippen molar-refractivity contribution in [1.82, 2.24) is 0 Å². The Morgan fingerprint density at radius 2 is 2.14 bits per heavy atom. The Labute approximate surface area is 92.8 Å². The predicted octanol–water partition coefficient (Wildman–Crippen LogP) is 3.07. The quantitative estimate of drug-likeness (QED) is 0.500. The highest BCUT2D eigenvalue weighted by Crippen LogP contribution is 2.13. The molecular formula is C11H22O2S. The third-order valence-electron chi connectivity index (χ3n) is 2.34. The van der Waals surface area contributed by atoms with Crippen LogP contribution in [0.15, 0.2) is 0 Å². The lowest BCUT2D eigenvalue weighted by molar-refractivity contribution is -0.144. The van der Waals surface area contributed by atoms with Gasteiger partial charge in [0.2, 0.25) is 0 Å². The number of rotatable bonds is 8. The molecule has 1 atom stereocenters. The molecule has 0 fully saturated rings. The molecule has 0 spiro atoms. The Kier molecular flexibility index (Phi) is 9.26. The highest BCUT2D eigenvalue weighted by molar-refractivity contribution is 7.80. The van der Waals surface area contributed by atoms with Crippen LogP contribution in [-0.4, -0.2) is 18.3 Å². The van der Waals surface area contributed by atoms with E-state index in [-0.39, 0.29) is 5.97 Å². The van der Waals surface area contributed by atoms with Crippen molar-refractivity contribution in [3.8, 4) is 0 Å². The van der Waals surface area contributed by atoms with Crippen LogP contribution in [0, 0.1) is 5.92 Å². The zero-order valence-electron chi connectivity index (χ0n) is 9.29. The van der Waals surface area contributed by atoms with Crippen LogP contribution in [0.4, 0.5) is 0 Å². The van der Waals surface area contributed by atoms with E-state index < -0.39 is 0 Å². The van der Waals surface area contributed by atoms with Gasteiger partial charge in [-0.2, -0.15) is 12.6 Å². The molecule has 0 aromatic carbocycles. The summed E-state index contributed by atoms with van der Waals surface area (Å²) in [5.41, 5.74) is 0. The summed E-state index contributed by atoms with van der Waals surface area (Å²) >= 11 is 3.98. The molecule has 0 aromatic heterocycles. The summed E-state index contributed by atoms with van der Waals surface area (Å²) in [6.45, 7) is 4.91. The molecule has 3 heteroatoms. The van der Waals surface area contributed by atoms with Crippen LogP contribution in [0.1, 0.15) is 46.0 Å². The minimum atomic E-state index is -0.116. The first-order valence-electron chi connectivity index (χ1n) is 5.51. The van der Waals surface area contributed by atoms with E-state index in [2.05, 4.69) is 26.5 Å². The van der Waals surface area contributed by atoms with Gasteiger partial charge in [-0.05, 0) is 12.3 Å². The molecular weight excluding hydrogens is 196 g/mol. The maximum atomic E-state index is 11.1. The predicted molar refractivity (Wildman–Crippen MR) is 62.7 cm³/mol. The summed E-state index contributed by atoms with van der Waals surface area (Å²) in [4.78, 5) is 11.1. The molecule has 0 aromatic rings. The van der Waals surface area contributed by atoms with Crippen molar-refractivity contribution in [1.29, 1.82) is 0 Å². The number of thiol groups is 1. The van der Waals surface area contributed by atoms with E-state index in [0.717, 1.165) is 6.42 Å². The second kappa shape index (κ2) is 9.38. The first kappa shape index (κ1) is 13.8. The Bertz CT molecular complexity index is 148. The van der Waals surface area contributed by atoms with Crippen molar-refractivity contribution < 1.29 is 9.53 Å². The SMILES string of the molecule is CCCC[C@@H](CC)COC(=O)CCS. The zero-order valence-corrected chi connectivity index (χ0v) is 10.2. The van der Waals surface area contributed by atoms with Gasteiger partial charge in [0.05, 0.1) is 13.0 Å². The van der Waals surface area contributed by atoms with Crippen LogP contribution in [-0.2, 0) is 9.53 Å². The van der Waals surface area contributed by atoms with E-state index in [9.17, 15) is 4.79 Å². The average molecular weight is 218 g/mol. The minimum Gasteiger partial charge on any atom is -0.465 e. The third kappa shape index (κ3) is 7.25. The minimum absolute atomic E-state index is 0.116. The van der Waals surface area contributed by atoms with Gasteiger partial charge in [-0.25, -0.2) is 0 Å². The molecule has 0 radical (unpaired) electrons. The van der Waals surface area contributed by atoms with Crippen LogP contribution in [0.5, 0.6) is 0 Å². The van der Waals surface area contributed by atoms with Gasteiger partial charge in [0.25, 0.3) is 0 Å². The number of unbranched alkanes of at least 4 members (excludes halogenated alkanes) is 1. The highest BCUT2D eigenvalue weighted by Gasteiger charge is 2.08. The summed E-state index contributed by atoms with van der Waals surface area (Å²) in [7, 11) is 0. The summed E-state index contributed by atoms with van der Waals surface area (Å²) in [6, 6.07) is 0. The maximum Gasteiger partial charge on any atom is 0.306 e. The van der Waals surface area contributed by atoms with Gasteiger partial charge in [0.15, 0.2) is 0 Å². The fourth-order valence-electron chi connectivity index (χ4n) is 1.27. The van der Waals surface area contributed by atoms with Gasteiger partial charge in [0.1, 0.15) is 0 Å². The molecule has 14 heavy (non-hydrogen) atoms. The molecule has 0 N–H and O–H groups in total. The van der Waals surface area contributed by atoms with Crippen molar-refractivity contribution in [2.24, 2.45) is 5.92 Å². The van der Waals surface area contributed by atoms with Crippen molar-refractivity contribution in [3.05, 3.63) is 0 Å². The molecule has 0 rings (SSSR count). The van der Waals surface area contributed by atoms with E-state index >= 15 is 0 Å². The molecule has 0 bridgehead atoms. The van der Waals surface area contributed by atoms with Crippen LogP contribution < -0.4 is 0 Å². The molecule has 0 unspecified atom stereocenters. The van der Waals surface area contributed by atoms with Gasteiger partial charge in [-0.15, -0.1) is 0 Å². The second-order valence-corrected chi connectivity index (χ2v) is 4.02. The second-order valence-electron chi connectivity index (χ2n) is 3.57. The lowest BCUT2D eigenvalue weighted by atomic mass is 10.0. The number of carbonyl (C=O) groups excluding carboxylic acids is 1. The van der Waals surface area contributed by atoms with E-state index in [1.807, 2.05) is 0 Å². The third-order valence-corrected chi connectivity index (χ3v) is 2.56. The Hall–Kier alpha value is -0.180. The van der Waals surface area contributed by atoms with Gasteiger partial charge in [-0.1, -0.05) is 33.1 Å². The molecule has 0 aliphatic rings. The van der Waals surface area contributed by atoms with E-state index in [0.29, 0.717) is 24.7 Å². The summed E-state index contributed by atoms with van der Waals surface area (Å²) in [6.07, 6.45) is 5.12. The normalized spacial score (nSPS) is 12.5. The van der Waals surface area contributed by atoms with E-state index in [1.54, 1.807) is 0 Å². The maximum absolute atomic E-state index is 11.1. The Morgan fingerprint density at radius 1 is 1.43 bits per heavy atom. The molecule has 2 nitrogen and oxygen atoms in total. The summed E-state index contributed by atoms with van der Waals surface area (Å²) in [5.74, 6) is 0.999. The topological polar surface area (TPSA) is 26.3 Å². The number of esters is 1. The molecule has 0 saturated heterocycles. The van der Waals surface area contributed by atoms with Crippen molar-refractivity contribution in [3.63, 3.8) is 0 Å². The van der Waals surface area contributed by atoms with Gasteiger partial charge >= 0.3 is 5.97 Å². The first-order valence-corrected chi connectivity index (χ1v) is 6.14. The lowest BCUT2D eigenvalue weighted by Gasteiger charge is -2.14. The molecule has 0 saturated carbocycles. The Balaban J connectivity index is 3.55. The van der Waals surface area contributed by atoms with E-state index in [4.69, 9.17) is 4.74 Å². The summed E-state index contributed by atoms with van der Waals surface area (Å²) in [5, 5.41) is 0. The van der Waals surface area contributed by atoms with Gasteiger partial charge in [-0.3, -0.25) is 4.79 Å². The lowest BCUT2D eigenvalue weighted by Crippen LogP contribution is -2.13. The monoisotopic (exact) mass is 218 g/mol. The fraction of sp³-hybridized carbons (Fsp3) is 0.909. The molecule has 0 aliphatic heterocycles. The van der Waals surface area contributed by atoms with Crippen LogP contribution in [0.25, 0.3) is 0 Å². The smallest absolute Gasteiger partial charge is 0.306 e. The molecule has 84 valence electrons.